The summed E-state index contributed by atoms with van der Waals surface area (Å²) in [7, 11) is 1.61. The molecule has 5 heteroatoms. The summed E-state index contributed by atoms with van der Waals surface area (Å²) >= 11 is 0. The van der Waals surface area contributed by atoms with Crippen molar-refractivity contribution in [3.05, 3.63) is 112 Å². The lowest BCUT2D eigenvalue weighted by Crippen LogP contribution is -2.12. The molecule has 4 aromatic rings. The van der Waals surface area contributed by atoms with Crippen LogP contribution in [0.25, 0.3) is 17.0 Å². The van der Waals surface area contributed by atoms with Crippen molar-refractivity contribution in [2.75, 3.05) is 7.11 Å². The van der Waals surface area contributed by atoms with Crippen LogP contribution in [0.15, 0.2) is 94.2 Å². The van der Waals surface area contributed by atoms with Gasteiger partial charge in [-0.2, -0.15) is 0 Å². The Balaban J connectivity index is 1.52. The van der Waals surface area contributed by atoms with Gasteiger partial charge in [0.15, 0.2) is 5.78 Å². The average molecular weight is 412 g/mol. The second-order valence-electron chi connectivity index (χ2n) is 6.90. The van der Waals surface area contributed by atoms with E-state index in [2.05, 4.69) is 0 Å². The molecule has 3 aromatic carbocycles. The van der Waals surface area contributed by atoms with Crippen LogP contribution in [-0.2, 0) is 6.61 Å². The lowest BCUT2D eigenvalue weighted by molar-refractivity contribution is 0.104. The summed E-state index contributed by atoms with van der Waals surface area (Å²) < 4.78 is 16.4. The van der Waals surface area contributed by atoms with E-state index < -0.39 is 11.4 Å². The van der Waals surface area contributed by atoms with Gasteiger partial charge in [-0.15, -0.1) is 0 Å². The molecule has 154 valence electrons. The quantitative estimate of drug-likeness (QED) is 0.235. The standard InChI is InChI=1S/C26H20O5/c1-29-21-9-5-8-19(14-21)17-30-22-12-11-20-15-23(26(28)31-25(20)16-22)24(27)13-10-18-6-3-2-4-7-18/h2-16H,17H2,1H3/b13-10+. The maximum atomic E-state index is 12.5. The number of ether oxygens (including phenoxy) is 2. The van der Waals surface area contributed by atoms with E-state index in [9.17, 15) is 9.59 Å². The van der Waals surface area contributed by atoms with Gasteiger partial charge in [0.1, 0.15) is 29.3 Å². The number of carbonyl (C=O) groups excluding carboxylic acids is 1. The third-order valence-corrected chi connectivity index (χ3v) is 4.74. The number of carbonyl (C=O) groups is 1. The van der Waals surface area contributed by atoms with Gasteiger partial charge in [-0.05, 0) is 47.5 Å². The van der Waals surface area contributed by atoms with Crippen LogP contribution in [0, 0.1) is 0 Å². The number of methoxy groups -OCH3 is 1. The molecule has 1 aromatic heterocycles. The fourth-order valence-electron chi connectivity index (χ4n) is 3.11. The van der Waals surface area contributed by atoms with Gasteiger partial charge in [-0.3, -0.25) is 4.79 Å². The van der Waals surface area contributed by atoms with Crippen LogP contribution < -0.4 is 15.1 Å². The summed E-state index contributed by atoms with van der Waals surface area (Å²) in [4.78, 5) is 24.9. The van der Waals surface area contributed by atoms with E-state index in [-0.39, 0.29) is 5.56 Å². The Morgan fingerprint density at radius 1 is 0.935 bits per heavy atom. The molecule has 0 spiro atoms. The Kier molecular flexibility index (Phi) is 5.94. The first kappa shape index (κ1) is 20.2. The second kappa shape index (κ2) is 9.13. The minimum absolute atomic E-state index is 0.00951. The zero-order valence-electron chi connectivity index (χ0n) is 16.9. The molecular formula is C26H20O5. The third-order valence-electron chi connectivity index (χ3n) is 4.74. The van der Waals surface area contributed by atoms with Gasteiger partial charge < -0.3 is 13.9 Å². The summed E-state index contributed by atoms with van der Waals surface area (Å²) in [5.41, 5.74) is 1.49. The number of rotatable bonds is 7. The Morgan fingerprint density at radius 3 is 2.58 bits per heavy atom. The SMILES string of the molecule is COc1cccc(COc2ccc3cc(C(=O)/C=C/c4ccccc4)c(=O)oc3c2)c1. The lowest BCUT2D eigenvalue weighted by Gasteiger charge is -2.08. The molecule has 0 bridgehead atoms. The molecule has 0 saturated heterocycles. The predicted molar refractivity (Wildman–Crippen MR) is 120 cm³/mol. The number of fused-ring (bicyclic) bond motifs is 1. The van der Waals surface area contributed by atoms with Crippen LogP contribution in [0.2, 0.25) is 0 Å². The third kappa shape index (κ3) is 4.90. The molecule has 0 saturated carbocycles. The van der Waals surface area contributed by atoms with Crippen molar-refractivity contribution >= 4 is 22.8 Å². The van der Waals surface area contributed by atoms with E-state index in [0.717, 1.165) is 16.9 Å². The predicted octanol–water partition coefficient (Wildman–Crippen LogP) is 5.28. The van der Waals surface area contributed by atoms with Crippen molar-refractivity contribution in [2.45, 2.75) is 6.61 Å². The molecule has 0 aliphatic carbocycles. The fraction of sp³-hybridized carbons (Fsp3) is 0.0769. The number of ketones is 1. The Morgan fingerprint density at radius 2 is 1.77 bits per heavy atom. The monoisotopic (exact) mass is 412 g/mol. The van der Waals surface area contributed by atoms with E-state index in [4.69, 9.17) is 13.9 Å². The molecule has 0 amide bonds. The Bertz CT molecular complexity index is 1300. The number of allylic oxidation sites excluding steroid dienone is 1. The summed E-state index contributed by atoms with van der Waals surface area (Å²) in [5.74, 6) is 0.906. The van der Waals surface area contributed by atoms with Crippen LogP contribution in [0.5, 0.6) is 11.5 Å². The molecule has 0 N–H and O–H groups in total. The van der Waals surface area contributed by atoms with Crippen LogP contribution in [0.1, 0.15) is 21.5 Å². The van der Waals surface area contributed by atoms with Crippen LogP contribution >= 0.6 is 0 Å². The van der Waals surface area contributed by atoms with E-state index in [0.29, 0.717) is 23.3 Å². The summed E-state index contributed by atoms with van der Waals surface area (Å²) in [6.45, 7) is 0.341. The van der Waals surface area contributed by atoms with Crippen molar-refractivity contribution in [1.29, 1.82) is 0 Å². The van der Waals surface area contributed by atoms with Crippen LogP contribution in [0.4, 0.5) is 0 Å². The molecule has 0 fully saturated rings. The smallest absolute Gasteiger partial charge is 0.347 e. The molecule has 31 heavy (non-hydrogen) atoms. The van der Waals surface area contributed by atoms with Crippen molar-refractivity contribution in [2.24, 2.45) is 0 Å². The Hall–Kier alpha value is -4.12. The molecule has 4 rings (SSSR count). The van der Waals surface area contributed by atoms with E-state index in [1.165, 1.54) is 6.08 Å². The largest absolute Gasteiger partial charge is 0.497 e. The van der Waals surface area contributed by atoms with E-state index in [1.54, 1.807) is 37.5 Å². The van der Waals surface area contributed by atoms with Gasteiger partial charge in [0, 0.05) is 11.5 Å². The minimum Gasteiger partial charge on any atom is -0.497 e. The molecule has 0 unspecified atom stereocenters. The molecule has 1 heterocycles. The normalized spacial score (nSPS) is 11.0. The number of hydrogen-bond donors (Lipinski definition) is 0. The average Bonchev–Trinajstić information content (AvgIpc) is 2.81. The number of benzene rings is 3. The van der Waals surface area contributed by atoms with E-state index >= 15 is 0 Å². The van der Waals surface area contributed by atoms with Gasteiger partial charge in [0.2, 0.25) is 0 Å². The zero-order chi connectivity index (χ0) is 21.6. The van der Waals surface area contributed by atoms with Crippen LogP contribution in [0.3, 0.4) is 0 Å². The maximum absolute atomic E-state index is 12.5. The van der Waals surface area contributed by atoms with Gasteiger partial charge in [0.25, 0.3) is 0 Å². The highest BCUT2D eigenvalue weighted by Crippen LogP contribution is 2.22. The highest BCUT2D eigenvalue weighted by molar-refractivity contribution is 6.07. The van der Waals surface area contributed by atoms with Crippen molar-refractivity contribution in [1.82, 2.24) is 0 Å². The molecule has 0 radical (unpaired) electrons. The van der Waals surface area contributed by atoms with Gasteiger partial charge in [0.05, 0.1) is 7.11 Å². The van der Waals surface area contributed by atoms with E-state index in [1.807, 2.05) is 54.6 Å². The topological polar surface area (TPSA) is 65.7 Å². The zero-order valence-corrected chi connectivity index (χ0v) is 16.9. The number of hydrogen-bond acceptors (Lipinski definition) is 5. The lowest BCUT2D eigenvalue weighted by atomic mass is 10.1. The van der Waals surface area contributed by atoms with Crippen molar-refractivity contribution in [3.8, 4) is 11.5 Å². The first-order valence-corrected chi connectivity index (χ1v) is 9.73. The molecule has 5 nitrogen and oxygen atoms in total. The first-order valence-electron chi connectivity index (χ1n) is 9.73. The molecular weight excluding hydrogens is 392 g/mol. The maximum Gasteiger partial charge on any atom is 0.347 e. The van der Waals surface area contributed by atoms with Gasteiger partial charge in [-0.1, -0.05) is 48.5 Å². The van der Waals surface area contributed by atoms with Gasteiger partial charge in [-0.25, -0.2) is 4.79 Å². The highest BCUT2D eigenvalue weighted by atomic mass is 16.5. The summed E-state index contributed by atoms with van der Waals surface area (Å²) in [6.07, 6.45) is 3.04. The second-order valence-corrected chi connectivity index (χ2v) is 6.90. The fourth-order valence-corrected chi connectivity index (χ4v) is 3.11. The van der Waals surface area contributed by atoms with Crippen molar-refractivity contribution < 1.29 is 18.7 Å². The minimum atomic E-state index is -0.680. The first-order chi connectivity index (χ1) is 15.1. The Labute approximate surface area is 179 Å². The molecule has 0 atom stereocenters. The molecule has 0 aliphatic rings. The van der Waals surface area contributed by atoms with Crippen LogP contribution in [-0.4, -0.2) is 12.9 Å². The van der Waals surface area contributed by atoms with Crippen molar-refractivity contribution in [3.63, 3.8) is 0 Å². The van der Waals surface area contributed by atoms with Gasteiger partial charge >= 0.3 is 5.63 Å². The summed E-state index contributed by atoms with van der Waals surface area (Å²) in [5, 5.41) is 0.643. The highest BCUT2D eigenvalue weighted by Gasteiger charge is 2.12. The molecule has 0 aliphatic heterocycles. The summed E-state index contributed by atoms with van der Waals surface area (Å²) in [6, 6.07) is 23.7.